The van der Waals surface area contributed by atoms with Crippen LogP contribution in [0.3, 0.4) is 0 Å². The molecule has 0 fully saturated rings. The van der Waals surface area contributed by atoms with E-state index < -0.39 is 17.6 Å². The van der Waals surface area contributed by atoms with Gasteiger partial charge in [-0.3, -0.25) is 9.59 Å². The lowest BCUT2D eigenvalue weighted by Crippen LogP contribution is -2.32. The molecule has 2 amide bonds. The van der Waals surface area contributed by atoms with Crippen molar-refractivity contribution in [3.8, 4) is 0 Å². The molecule has 1 aromatic carbocycles. The second-order valence-corrected chi connectivity index (χ2v) is 4.96. The van der Waals surface area contributed by atoms with Crippen LogP contribution in [0.5, 0.6) is 0 Å². The summed E-state index contributed by atoms with van der Waals surface area (Å²) in [5, 5.41) is 5.14. The van der Waals surface area contributed by atoms with Crippen LogP contribution in [0.4, 0.5) is 10.1 Å². The van der Waals surface area contributed by atoms with Crippen molar-refractivity contribution in [3.63, 3.8) is 0 Å². The number of hydrogen-bond acceptors (Lipinski definition) is 3. The zero-order valence-electron chi connectivity index (χ0n) is 11.1. The van der Waals surface area contributed by atoms with Gasteiger partial charge in [-0.05, 0) is 36.4 Å². The van der Waals surface area contributed by atoms with Gasteiger partial charge in [0.1, 0.15) is 11.0 Å². The quantitative estimate of drug-likeness (QED) is 0.840. The smallest absolute Gasteiger partial charge is 0.251 e. The fourth-order valence-electron chi connectivity index (χ4n) is 1.56. The SMILES string of the molecule is O=C(CNC(=O)c1ccc(F)cc1)Nc1ccc(Cl)nc1Cl. The van der Waals surface area contributed by atoms with Crippen molar-refractivity contribution in [3.05, 3.63) is 58.1 Å². The van der Waals surface area contributed by atoms with E-state index in [9.17, 15) is 14.0 Å². The molecule has 0 saturated carbocycles. The Morgan fingerprint density at radius 1 is 1.09 bits per heavy atom. The number of aromatic nitrogens is 1. The van der Waals surface area contributed by atoms with Gasteiger partial charge in [0.15, 0.2) is 5.15 Å². The van der Waals surface area contributed by atoms with Gasteiger partial charge in [-0.2, -0.15) is 0 Å². The molecule has 5 nitrogen and oxygen atoms in total. The van der Waals surface area contributed by atoms with E-state index in [1.54, 1.807) is 0 Å². The number of rotatable bonds is 4. The number of pyridine rings is 1. The zero-order chi connectivity index (χ0) is 16.1. The number of carbonyl (C=O) groups is 2. The number of hydrogen-bond donors (Lipinski definition) is 2. The molecule has 2 rings (SSSR count). The van der Waals surface area contributed by atoms with Crippen molar-refractivity contribution >= 4 is 40.7 Å². The van der Waals surface area contributed by atoms with Gasteiger partial charge >= 0.3 is 0 Å². The lowest BCUT2D eigenvalue weighted by molar-refractivity contribution is -0.115. The highest BCUT2D eigenvalue weighted by Crippen LogP contribution is 2.21. The van der Waals surface area contributed by atoms with E-state index in [1.165, 1.54) is 24.3 Å². The minimum Gasteiger partial charge on any atom is -0.343 e. The van der Waals surface area contributed by atoms with Gasteiger partial charge in [0.2, 0.25) is 5.91 Å². The summed E-state index contributed by atoms with van der Waals surface area (Å²) in [7, 11) is 0. The van der Waals surface area contributed by atoms with Crippen LogP contribution in [0.15, 0.2) is 36.4 Å². The summed E-state index contributed by atoms with van der Waals surface area (Å²) < 4.78 is 12.7. The summed E-state index contributed by atoms with van der Waals surface area (Å²) in [6.45, 7) is -0.269. The van der Waals surface area contributed by atoms with E-state index in [4.69, 9.17) is 23.2 Å². The van der Waals surface area contributed by atoms with Gasteiger partial charge in [-0.1, -0.05) is 23.2 Å². The topological polar surface area (TPSA) is 71.1 Å². The van der Waals surface area contributed by atoms with Crippen LogP contribution >= 0.6 is 23.2 Å². The molecule has 0 spiro atoms. The first-order valence-electron chi connectivity index (χ1n) is 6.11. The number of anilines is 1. The van der Waals surface area contributed by atoms with Crippen LogP contribution in [0.1, 0.15) is 10.4 Å². The van der Waals surface area contributed by atoms with E-state index in [-0.39, 0.29) is 28.1 Å². The van der Waals surface area contributed by atoms with Gasteiger partial charge in [0.25, 0.3) is 5.91 Å². The van der Waals surface area contributed by atoms with E-state index in [2.05, 4.69) is 15.6 Å². The summed E-state index contributed by atoms with van der Waals surface area (Å²) in [6.07, 6.45) is 0. The Kier molecular flexibility index (Phi) is 5.30. The first-order chi connectivity index (χ1) is 10.5. The molecule has 0 aliphatic heterocycles. The van der Waals surface area contributed by atoms with E-state index in [0.717, 1.165) is 12.1 Å². The highest BCUT2D eigenvalue weighted by molar-refractivity contribution is 6.34. The molecule has 0 atom stereocenters. The van der Waals surface area contributed by atoms with Crippen LogP contribution in [0.2, 0.25) is 10.3 Å². The standard InChI is InChI=1S/C14H10Cl2FN3O2/c15-11-6-5-10(13(16)20-11)19-12(21)7-18-14(22)8-1-3-9(17)4-2-8/h1-6H,7H2,(H,18,22)(H,19,21). The molecule has 0 aliphatic rings. The van der Waals surface area contributed by atoms with Crippen LogP contribution in [-0.4, -0.2) is 23.3 Å². The molecule has 22 heavy (non-hydrogen) atoms. The molecule has 0 bridgehead atoms. The number of amides is 2. The Labute approximate surface area is 135 Å². The normalized spacial score (nSPS) is 10.1. The lowest BCUT2D eigenvalue weighted by atomic mass is 10.2. The number of benzene rings is 1. The zero-order valence-corrected chi connectivity index (χ0v) is 12.6. The van der Waals surface area contributed by atoms with E-state index in [1.807, 2.05) is 0 Å². The van der Waals surface area contributed by atoms with Gasteiger partial charge < -0.3 is 10.6 Å². The highest BCUT2D eigenvalue weighted by Gasteiger charge is 2.10. The van der Waals surface area contributed by atoms with Crippen molar-refractivity contribution in [2.75, 3.05) is 11.9 Å². The molecule has 0 aliphatic carbocycles. The fourth-order valence-corrected chi connectivity index (χ4v) is 1.96. The highest BCUT2D eigenvalue weighted by atomic mass is 35.5. The molecule has 1 heterocycles. The fraction of sp³-hybridized carbons (Fsp3) is 0.0714. The van der Waals surface area contributed by atoms with Crippen LogP contribution in [-0.2, 0) is 4.79 Å². The van der Waals surface area contributed by atoms with Gasteiger partial charge in [0, 0.05) is 5.56 Å². The third-order valence-electron chi connectivity index (χ3n) is 2.60. The second kappa shape index (κ2) is 7.20. The lowest BCUT2D eigenvalue weighted by Gasteiger charge is -2.08. The molecular formula is C14H10Cl2FN3O2. The predicted molar refractivity (Wildman–Crippen MR) is 81.6 cm³/mol. The third kappa shape index (κ3) is 4.41. The average molecular weight is 342 g/mol. The van der Waals surface area contributed by atoms with Crippen molar-refractivity contribution in [2.45, 2.75) is 0 Å². The number of halogens is 3. The summed E-state index contributed by atoms with van der Waals surface area (Å²) in [6, 6.07) is 7.94. The van der Waals surface area contributed by atoms with Gasteiger partial charge in [-0.25, -0.2) is 9.37 Å². The molecule has 8 heteroatoms. The Morgan fingerprint density at radius 3 is 2.41 bits per heavy atom. The Balaban J connectivity index is 1.89. The van der Waals surface area contributed by atoms with E-state index >= 15 is 0 Å². The molecule has 0 unspecified atom stereocenters. The predicted octanol–water partition coefficient (Wildman–Crippen LogP) is 2.90. The monoisotopic (exact) mass is 341 g/mol. The van der Waals surface area contributed by atoms with Crippen molar-refractivity contribution in [2.24, 2.45) is 0 Å². The molecule has 0 radical (unpaired) electrons. The van der Waals surface area contributed by atoms with Gasteiger partial charge in [-0.15, -0.1) is 0 Å². The molecule has 2 N–H and O–H groups in total. The minimum absolute atomic E-state index is 0.0470. The average Bonchev–Trinajstić information content (AvgIpc) is 2.48. The summed E-state index contributed by atoms with van der Waals surface area (Å²) >= 11 is 11.5. The summed E-state index contributed by atoms with van der Waals surface area (Å²) in [5.41, 5.74) is 0.535. The molecular weight excluding hydrogens is 332 g/mol. The maximum atomic E-state index is 12.7. The second-order valence-electron chi connectivity index (χ2n) is 4.21. The molecule has 2 aromatic rings. The summed E-state index contributed by atoms with van der Waals surface area (Å²) in [4.78, 5) is 27.3. The van der Waals surface area contributed by atoms with Crippen molar-refractivity contribution < 1.29 is 14.0 Å². The maximum Gasteiger partial charge on any atom is 0.251 e. The van der Waals surface area contributed by atoms with Crippen molar-refractivity contribution in [1.82, 2.24) is 10.3 Å². The Bertz CT molecular complexity index is 708. The van der Waals surface area contributed by atoms with Crippen LogP contribution < -0.4 is 10.6 Å². The third-order valence-corrected chi connectivity index (χ3v) is 3.10. The molecule has 1 aromatic heterocycles. The first-order valence-corrected chi connectivity index (χ1v) is 6.87. The largest absolute Gasteiger partial charge is 0.343 e. The first kappa shape index (κ1) is 16.2. The van der Waals surface area contributed by atoms with E-state index in [0.29, 0.717) is 0 Å². The Hall–Kier alpha value is -2.18. The Morgan fingerprint density at radius 2 is 1.77 bits per heavy atom. The number of nitrogens with one attached hydrogen (secondary N) is 2. The van der Waals surface area contributed by atoms with Gasteiger partial charge in [0.05, 0.1) is 12.2 Å². The summed E-state index contributed by atoms with van der Waals surface area (Å²) in [5.74, 6) is -1.42. The minimum atomic E-state index is -0.490. The maximum absolute atomic E-state index is 12.7. The van der Waals surface area contributed by atoms with Crippen LogP contribution in [0, 0.1) is 5.82 Å². The van der Waals surface area contributed by atoms with Crippen LogP contribution in [0.25, 0.3) is 0 Å². The number of nitrogens with zero attached hydrogens (tertiary/aromatic N) is 1. The molecule has 114 valence electrons. The van der Waals surface area contributed by atoms with Crippen molar-refractivity contribution in [1.29, 1.82) is 0 Å². The number of carbonyl (C=O) groups excluding carboxylic acids is 2. The molecule has 0 saturated heterocycles.